The Bertz CT molecular complexity index is 873. The van der Waals surface area contributed by atoms with E-state index in [-0.39, 0.29) is 11.3 Å². The van der Waals surface area contributed by atoms with E-state index in [2.05, 4.69) is 78.3 Å². The summed E-state index contributed by atoms with van der Waals surface area (Å²) in [6, 6.07) is 0. The Morgan fingerprint density at radius 1 is 0.939 bits per heavy atom. The van der Waals surface area contributed by atoms with Crippen LogP contribution < -0.4 is 15.4 Å². The summed E-state index contributed by atoms with van der Waals surface area (Å²) >= 11 is 0. The van der Waals surface area contributed by atoms with Crippen molar-refractivity contribution in [3.05, 3.63) is 52.2 Å². The van der Waals surface area contributed by atoms with Crippen molar-refractivity contribution in [3.8, 4) is 5.75 Å². The van der Waals surface area contributed by atoms with Crippen molar-refractivity contribution < 1.29 is 9.53 Å². The maximum Gasteiger partial charge on any atom is 0.220 e. The fourth-order valence-corrected chi connectivity index (χ4v) is 3.99. The summed E-state index contributed by atoms with van der Waals surface area (Å²) in [5.41, 5.74) is 7.85. The molecule has 1 amide bonds. The highest BCUT2D eigenvalue weighted by Gasteiger charge is 2.16. The minimum absolute atomic E-state index is 0.0427. The number of unbranched alkanes of at least 4 members (excludes halogenated alkanes) is 3. The van der Waals surface area contributed by atoms with Gasteiger partial charge in [-0.2, -0.15) is 0 Å². The van der Waals surface area contributed by atoms with Gasteiger partial charge in [0.15, 0.2) is 0 Å². The molecule has 0 aliphatic rings. The smallest absolute Gasteiger partial charge is 0.220 e. The lowest BCUT2D eigenvalue weighted by molar-refractivity contribution is -0.122. The number of hydrogen-bond donors (Lipinski definition) is 2. The maximum atomic E-state index is 11.8. The van der Waals surface area contributed by atoms with E-state index in [0.717, 1.165) is 78.0 Å². The number of benzene rings is 1. The van der Waals surface area contributed by atoms with Crippen molar-refractivity contribution in [2.45, 2.75) is 80.6 Å². The van der Waals surface area contributed by atoms with Gasteiger partial charge in [0.1, 0.15) is 5.75 Å². The van der Waals surface area contributed by atoms with Gasteiger partial charge in [0.2, 0.25) is 5.91 Å². The third kappa shape index (κ3) is 9.11. The van der Waals surface area contributed by atoms with Crippen molar-refractivity contribution in [3.63, 3.8) is 0 Å². The first-order chi connectivity index (χ1) is 15.4. The molecule has 1 aromatic carbocycles. The van der Waals surface area contributed by atoms with E-state index < -0.39 is 0 Å². The minimum atomic E-state index is 0.0427. The number of carbonyl (C=O) groups is 1. The summed E-state index contributed by atoms with van der Waals surface area (Å²) < 4.78 is 5.67. The molecule has 0 aliphatic carbocycles. The molecule has 0 atom stereocenters. The lowest BCUT2D eigenvalue weighted by Gasteiger charge is -2.19. The molecule has 0 heterocycles. The molecule has 0 bridgehead atoms. The highest BCUT2D eigenvalue weighted by Crippen LogP contribution is 2.35. The van der Waals surface area contributed by atoms with Crippen molar-refractivity contribution in [2.75, 3.05) is 20.2 Å². The highest BCUT2D eigenvalue weighted by atomic mass is 16.5. The van der Waals surface area contributed by atoms with Gasteiger partial charge < -0.3 is 15.4 Å². The zero-order valence-corrected chi connectivity index (χ0v) is 22.3. The fourth-order valence-electron chi connectivity index (χ4n) is 3.99. The number of nitrogens with one attached hydrogen (secondary N) is 2. The Hall–Kier alpha value is -2.49. The number of amides is 1. The summed E-state index contributed by atoms with van der Waals surface area (Å²) in [6.45, 7) is 24.6. The van der Waals surface area contributed by atoms with E-state index in [0.29, 0.717) is 6.42 Å². The standard InChI is InChI=1S/C29H46N2O2/c1-11-25-21(3)22(4)28(33-10)23(5)26(25)18-20(2)24(6)30-16-14-12-13-15-17-31-27(32)19-29(7,8)9/h11,18,30H,1,6,12-17,19H2,2-5,7-10H3,(H,31,32)/b20-18+. The van der Waals surface area contributed by atoms with E-state index in [9.17, 15) is 4.79 Å². The maximum absolute atomic E-state index is 11.8. The van der Waals surface area contributed by atoms with Crippen LogP contribution >= 0.6 is 0 Å². The first kappa shape index (κ1) is 28.5. The van der Waals surface area contributed by atoms with Gasteiger partial charge in [-0.3, -0.25) is 4.79 Å². The van der Waals surface area contributed by atoms with Crippen molar-refractivity contribution in [2.24, 2.45) is 5.41 Å². The first-order valence-corrected chi connectivity index (χ1v) is 12.1. The van der Waals surface area contributed by atoms with Crippen LogP contribution in [0.2, 0.25) is 0 Å². The van der Waals surface area contributed by atoms with Crippen molar-refractivity contribution in [1.29, 1.82) is 0 Å². The SMILES string of the molecule is C=Cc1c(C)c(C)c(OC)c(C)c1/C=C(\C)C(=C)NCCCCCCNC(=O)CC(C)(C)C. The highest BCUT2D eigenvalue weighted by molar-refractivity contribution is 5.76. The zero-order chi connectivity index (χ0) is 25.2. The molecule has 0 saturated heterocycles. The van der Waals surface area contributed by atoms with Crippen molar-refractivity contribution >= 4 is 18.1 Å². The van der Waals surface area contributed by atoms with Crippen LogP contribution in [0.5, 0.6) is 5.75 Å². The molecule has 1 rings (SSSR count). The Morgan fingerprint density at radius 2 is 1.52 bits per heavy atom. The van der Waals surface area contributed by atoms with Gasteiger partial charge in [-0.25, -0.2) is 0 Å². The molecular weight excluding hydrogens is 408 g/mol. The van der Waals surface area contributed by atoms with Crippen LogP contribution in [0, 0.1) is 26.2 Å². The number of ether oxygens (including phenoxy) is 1. The molecule has 4 heteroatoms. The van der Waals surface area contributed by atoms with Gasteiger partial charge in [0.05, 0.1) is 7.11 Å². The molecule has 4 nitrogen and oxygen atoms in total. The van der Waals surface area contributed by atoms with Crippen LogP contribution in [-0.4, -0.2) is 26.1 Å². The Labute approximate surface area is 202 Å². The van der Waals surface area contributed by atoms with E-state index in [4.69, 9.17) is 4.74 Å². The molecule has 0 aliphatic heterocycles. The van der Waals surface area contributed by atoms with Gasteiger partial charge in [-0.15, -0.1) is 0 Å². The van der Waals surface area contributed by atoms with E-state index in [1.807, 2.05) is 6.08 Å². The molecule has 0 fully saturated rings. The monoisotopic (exact) mass is 454 g/mol. The molecule has 0 saturated carbocycles. The van der Waals surface area contributed by atoms with Gasteiger partial charge in [0.25, 0.3) is 0 Å². The van der Waals surface area contributed by atoms with Crippen LogP contribution in [-0.2, 0) is 4.79 Å². The summed E-state index contributed by atoms with van der Waals surface area (Å²) in [6.07, 6.45) is 9.03. The third-order valence-electron chi connectivity index (χ3n) is 6.04. The quantitative estimate of drug-likeness (QED) is 0.252. The molecule has 184 valence electrons. The van der Waals surface area contributed by atoms with Crippen LogP contribution in [0.1, 0.15) is 87.6 Å². The average Bonchev–Trinajstić information content (AvgIpc) is 2.73. The van der Waals surface area contributed by atoms with E-state index in [1.165, 1.54) is 5.56 Å². The predicted molar refractivity (Wildman–Crippen MR) is 144 cm³/mol. The molecule has 0 radical (unpaired) electrons. The molecule has 2 N–H and O–H groups in total. The molecule has 1 aromatic rings. The summed E-state index contributed by atoms with van der Waals surface area (Å²) in [4.78, 5) is 11.8. The molecule has 0 spiro atoms. The largest absolute Gasteiger partial charge is 0.496 e. The van der Waals surface area contributed by atoms with E-state index in [1.54, 1.807) is 7.11 Å². The number of methoxy groups -OCH3 is 1. The Morgan fingerprint density at radius 3 is 2.03 bits per heavy atom. The number of rotatable bonds is 13. The summed E-state index contributed by atoms with van der Waals surface area (Å²) in [5, 5.41) is 6.48. The van der Waals surface area contributed by atoms with Gasteiger partial charge >= 0.3 is 0 Å². The topological polar surface area (TPSA) is 50.4 Å². The predicted octanol–water partition coefficient (Wildman–Crippen LogP) is 6.88. The Kier molecular flexibility index (Phi) is 11.5. The molecule has 0 unspecified atom stereocenters. The second-order valence-corrected chi connectivity index (χ2v) is 10.2. The van der Waals surface area contributed by atoms with Gasteiger partial charge in [-0.05, 0) is 85.4 Å². The first-order valence-electron chi connectivity index (χ1n) is 12.1. The normalized spacial score (nSPS) is 11.8. The van der Waals surface area contributed by atoms with E-state index >= 15 is 0 Å². The fraction of sp³-hybridized carbons (Fsp3) is 0.552. The number of allylic oxidation sites excluding steroid dienone is 1. The lowest BCUT2D eigenvalue weighted by Crippen LogP contribution is -2.28. The number of carbonyl (C=O) groups excluding carboxylic acids is 1. The molecular formula is C29H46N2O2. The number of hydrogen-bond acceptors (Lipinski definition) is 3. The van der Waals surface area contributed by atoms with Gasteiger partial charge in [0, 0.05) is 25.2 Å². The summed E-state index contributed by atoms with van der Waals surface area (Å²) in [7, 11) is 1.73. The second kappa shape index (κ2) is 13.3. The zero-order valence-electron chi connectivity index (χ0n) is 22.3. The lowest BCUT2D eigenvalue weighted by atomic mass is 9.90. The van der Waals surface area contributed by atoms with Crippen LogP contribution in [0.4, 0.5) is 0 Å². The van der Waals surface area contributed by atoms with Crippen LogP contribution in [0.3, 0.4) is 0 Å². The molecule has 33 heavy (non-hydrogen) atoms. The minimum Gasteiger partial charge on any atom is -0.496 e. The Balaban J connectivity index is 2.52. The van der Waals surface area contributed by atoms with Gasteiger partial charge in [-0.1, -0.05) is 52.8 Å². The van der Waals surface area contributed by atoms with Crippen molar-refractivity contribution in [1.82, 2.24) is 10.6 Å². The van der Waals surface area contributed by atoms with Crippen LogP contribution in [0.25, 0.3) is 12.2 Å². The second-order valence-electron chi connectivity index (χ2n) is 10.2. The average molecular weight is 455 g/mol. The van der Waals surface area contributed by atoms with Crippen LogP contribution in [0.15, 0.2) is 24.4 Å². The summed E-state index contributed by atoms with van der Waals surface area (Å²) in [5.74, 6) is 1.09. The third-order valence-corrected chi connectivity index (χ3v) is 6.04. The molecule has 0 aromatic heterocycles.